The quantitative estimate of drug-likeness (QED) is 0.448. The Morgan fingerprint density at radius 2 is 2.06 bits per heavy atom. The summed E-state index contributed by atoms with van der Waals surface area (Å²) < 4.78 is 37.3. The maximum Gasteiger partial charge on any atom is 0.180 e. The van der Waals surface area contributed by atoms with Crippen molar-refractivity contribution in [1.29, 1.82) is 0 Å². The summed E-state index contributed by atoms with van der Waals surface area (Å²) in [7, 11) is 1.59. The number of hydrogen-bond donors (Lipinski definition) is 0. The fourth-order valence-electron chi connectivity index (χ4n) is 4.12. The summed E-state index contributed by atoms with van der Waals surface area (Å²) in [6.45, 7) is 2.60. The van der Waals surface area contributed by atoms with Crippen LogP contribution >= 0.6 is 0 Å². The molecule has 4 heterocycles. The second-order valence-electron chi connectivity index (χ2n) is 7.94. The fourth-order valence-corrected chi connectivity index (χ4v) is 4.12. The molecule has 1 atom stereocenters. The van der Waals surface area contributed by atoms with Crippen LogP contribution in [0, 0.1) is 18.6 Å². The first-order valence-electron chi connectivity index (χ1n) is 10.6. The second-order valence-corrected chi connectivity index (χ2v) is 7.94. The number of aromatic nitrogens is 6. The van der Waals surface area contributed by atoms with Gasteiger partial charge in [-0.15, -0.1) is 0 Å². The monoisotopic (exact) mass is 448 g/mol. The van der Waals surface area contributed by atoms with Gasteiger partial charge in [0.25, 0.3) is 0 Å². The van der Waals surface area contributed by atoms with Crippen LogP contribution in [0.3, 0.4) is 0 Å². The lowest BCUT2D eigenvalue weighted by Crippen LogP contribution is -2.19. The van der Waals surface area contributed by atoms with Gasteiger partial charge >= 0.3 is 0 Å². The van der Waals surface area contributed by atoms with Gasteiger partial charge in [-0.1, -0.05) is 12.1 Å². The van der Waals surface area contributed by atoms with Crippen LogP contribution < -0.4 is 4.74 Å². The van der Waals surface area contributed by atoms with Gasteiger partial charge in [-0.2, -0.15) is 5.10 Å². The van der Waals surface area contributed by atoms with Crippen LogP contribution in [0.25, 0.3) is 18.0 Å². The molecule has 0 bridgehead atoms. The van der Waals surface area contributed by atoms with Gasteiger partial charge < -0.3 is 4.74 Å². The molecule has 1 aliphatic rings. The molecule has 3 aromatic heterocycles. The lowest BCUT2D eigenvalue weighted by molar-refractivity contribution is 0.410. The molecule has 0 saturated carbocycles. The molecule has 33 heavy (non-hydrogen) atoms. The van der Waals surface area contributed by atoms with E-state index in [0.29, 0.717) is 41.7 Å². The Morgan fingerprint density at radius 1 is 1.18 bits per heavy atom. The van der Waals surface area contributed by atoms with Gasteiger partial charge in [0, 0.05) is 30.4 Å². The Bertz CT molecular complexity index is 1340. The lowest BCUT2D eigenvalue weighted by atomic mass is 9.91. The van der Waals surface area contributed by atoms with E-state index in [1.54, 1.807) is 41.0 Å². The number of rotatable bonds is 5. The Labute approximate surface area is 189 Å². The van der Waals surface area contributed by atoms with E-state index >= 15 is 0 Å². The summed E-state index contributed by atoms with van der Waals surface area (Å²) in [6.07, 6.45) is 10.4. The zero-order valence-corrected chi connectivity index (χ0v) is 18.2. The van der Waals surface area contributed by atoms with Crippen LogP contribution in [-0.2, 0) is 6.54 Å². The third kappa shape index (κ3) is 4.02. The highest BCUT2D eigenvalue weighted by molar-refractivity contribution is 5.67. The molecular weight excluding hydrogens is 426 g/mol. The third-order valence-corrected chi connectivity index (χ3v) is 5.70. The summed E-state index contributed by atoms with van der Waals surface area (Å²) in [5.41, 5.74) is 2.01. The molecular formula is C24H22F2N6O. The molecule has 0 saturated heterocycles. The van der Waals surface area contributed by atoms with Crippen molar-refractivity contribution in [2.24, 2.45) is 0 Å². The van der Waals surface area contributed by atoms with Crippen molar-refractivity contribution in [3.05, 3.63) is 83.1 Å². The van der Waals surface area contributed by atoms with E-state index in [1.807, 2.05) is 25.3 Å². The van der Waals surface area contributed by atoms with Crippen molar-refractivity contribution in [2.75, 3.05) is 7.11 Å². The molecule has 0 aliphatic carbocycles. The summed E-state index contributed by atoms with van der Waals surface area (Å²) in [5, 5.41) is 4.54. The number of methoxy groups -OCH3 is 1. The average Bonchev–Trinajstić information content (AvgIpc) is 3.45. The highest BCUT2D eigenvalue weighted by Gasteiger charge is 2.28. The minimum absolute atomic E-state index is 0.318. The summed E-state index contributed by atoms with van der Waals surface area (Å²) in [5.74, 6) is 0.402. The first-order chi connectivity index (χ1) is 16.0. The first-order valence-corrected chi connectivity index (χ1v) is 10.6. The lowest BCUT2D eigenvalue weighted by Gasteiger charge is -2.22. The van der Waals surface area contributed by atoms with Crippen molar-refractivity contribution in [3.8, 4) is 11.6 Å². The Hall–Kier alpha value is -3.88. The van der Waals surface area contributed by atoms with Gasteiger partial charge in [0.05, 0.1) is 12.8 Å². The van der Waals surface area contributed by atoms with Crippen LogP contribution in [0.5, 0.6) is 5.75 Å². The van der Waals surface area contributed by atoms with Gasteiger partial charge in [0.1, 0.15) is 12.2 Å². The summed E-state index contributed by atoms with van der Waals surface area (Å²) in [4.78, 5) is 13.3. The minimum atomic E-state index is -0.847. The number of hydrogen-bond acceptors (Lipinski definition) is 5. The predicted molar refractivity (Wildman–Crippen MR) is 119 cm³/mol. The molecule has 7 nitrogen and oxygen atoms in total. The Morgan fingerprint density at radius 3 is 2.85 bits per heavy atom. The van der Waals surface area contributed by atoms with Gasteiger partial charge in [0.15, 0.2) is 29.0 Å². The van der Waals surface area contributed by atoms with E-state index in [9.17, 15) is 8.78 Å². The third-order valence-electron chi connectivity index (χ3n) is 5.70. The zero-order chi connectivity index (χ0) is 22.9. The van der Waals surface area contributed by atoms with Crippen molar-refractivity contribution < 1.29 is 13.5 Å². The Balaban J connectivity index is 1.42. The van der Waals surface area contributed by atoms with E-state index < -0.39 is 11.6 Å². The number of pyridine rings is 1. The Kier molecular flexibility index (Phi) is 5.45. The highest BCUT2D eigenvalue weighted by atomic mass is 19.2. The molecule has 1 aliphatic heterocycles. The topological polar surface area (TPSA) is 70.7 Å². The molecule has 0 radical (unpaired) electrons. The first kappa shape index (κ1) is 21.0. The van der Waals surface area contributed by atoms with Crippen molar-refractivity contribution in [1.82, 2.24) is 29.3 Å². The fraction of sp³-hybridized carbons (Fsp3) is 0.250. The van der Waals surface area contributed by atoms with Crippen LogP contribution in [0.4, 0.5) is 8.78 Å². The molecule has 0 spiro atoms. The van der Waals surface area contributed by atoms with Crippen molar-refractivity contribution in [2.45, 2.75) is 32.2 Å². The molecule has 0 N–H and O–H groups in total. The molecule has 0 fully saturated rings. The maximum atomic E-state index is 14.4. The highest BCUT2D eigenvalue weighted by Crippen LogP contribution is 2.34. The van der Waals surface area contributed by atoms with E-state index in [4.69, 9.17) is 4.74 Å². The van der Waals surface area contributed by atoms with Gasteiger partial charge in [-0.05, 0) is 49.6 Å². The van der Waals surface area contributed by atoms with Gasteiger partial charge in [-0.3, -0.25) is 4.57 Å². The molecule has 168 valence electrons. The summed E-state index contributed by atoms with van der Waals surface area (Å²) in [6, 6.07) is 6.14. The number of aryl methyl sites for hydroxylation is 2. The molecule has 1 unspecified atom stereocenters. The van der Waals surface area contributed by atoms with Crippen LogP contribution in [0.1, 0.15) is 47.2 Å². The average molecular weight is 448 g/mol. The minimum Gasteiger partial charge on any atom is -0.493 e. The van der Waals surface area contributed by atoms with E-state index in [0.717, 1.165) is 23.7 Å². The second kappa shape index (κ2) is 8.57. The van der Waals surface area contributed by atoms with Crippen LogP contribution in [0.2, 0.25) is 0 Å². The number of imidazole rings is 1. The zero-order valence-electron chi connectivity index (χ0n) is 18.2. The smallest absolute Gasteiger partial charge is 0.180 e. The number of halogens is 2. The molecule has 1 aromatic carbocycles. The van der Waals surface area contributed by atoms with Crippen molar-refractivity contribution in [3.63, 3.8) is 0 Å². The van der Waals surface area contributed by atoms with E-state index in [2.05, 4.69) is 20.1 Å². The standard InChI is InChI=1S/C24H22F2N6O/c1-15-13-31(14-28-15)24-20(33-2)11-16(12-27-24)8-9-21-29-23-18(6-4-10-32(23)30-21)17-5-3-7-19(25)22(17)26/h3,5,7-9,11-14,18H,4,6,10H2,1-2H3/b9-8+. The predicted octanol–water partition coefficient (Wildman–Crippen LogP) is 4.55. The molecule has 0 amide bonds. The maximum absolute atomic E-state index is 14.4. The molecule has 5 rings (SSSR count). The van der Waals surface area contributed by atoms with Gasteiger partial charge in [-0.25, -0.2) is 28.4 Å². The van der Waals surface area contributed by atoms with E-state index in [-0.39, 0.29) is 5.92 Å². The molecule has 9 heteroatoms. The SMILES string of the molecule is COc1cc(/C=C/c2nc3n(n2)CCCC3c2cccc(F)c2F)cnc1-n1cnc(C)c1. The number of fused-ring (bicyclic) bond motifs is 1. The largest absolute Gasteiger partial charge is 0.493 e. The van der Waals surface area contributed by atoms with Crippen LogP contribution in [-0.4, -0.2) is 36.4 Å². The van der Waals surface area contributed by atoms with E-state index in [1.165, 1.54) is 6.07 Å². The molecule has 4 aromatic rings. The van der Waals surface area contributed by atoms with Crippen LogP contribution in [0.15, 0.2) is 43.0 Å². The summed E-state index contributed by atoms with van der Waals surface area (Å²) >= 11 is 0. The number of ether oxygens (including phenoxy) is 1. The normalized spacial score (nSPS) is 15.7. The van der Waals surface area contributed by atoms with Crippen molar-refractivity contribution >= 4 is 12.2 Å². The number of nitrogens with zero attached hydrogens (tertiary/aromatic N) is 6. The van der Waals surface area contributed by atoms with Gasteiger partial charge in [0.2, 0.25) is 0 Å². The number of benzene rings is 1.